The molecule has 1 aliphatic heterocycles. The van der Waals surface area contributed by atoms with Gasteiger partial charge in [-0.25, -0.2) is 14.4 Å². The molecule has 0 fully saturated rings. The van der Waals surface area contributed by atoms with Gasteiger partial charge in [-0.3, -0.25) is 14.5 Å². The molecule has 4 aromatic rings. The molecule has 5 rings (SSSR count). The standard InChI is InChI=1S/C18H13ClFN7O/c19-9-1-2-13(20)10(5-9)11-6-14(17-21-3-4-27(17)18(11)28)25-15-12-7-24-26-16(12)23-8-22-15/h1-2,5-8,21H,3-4H2,(H2,22,23,24,25,26). The van der Waals surface area contributed by atoms with Gasteiger partial charge in [0.1, 0.15) is 23.8 Å². The van der Waals surface area contributed by atoms with Gasteiger partial charge in [0.15, 0.2) is 5.65 Å². The van der Waals surface area contributed by atoms with Gasteiger partial charge in [-0.2, -0.15) is 5.10 Å². The maximum absolute atomic E-state index is 14.4. The summed E-state index contributed by atoms with van der Waals surface area (Å²) in [6, 6.07) is 5.75. The highest BCUT2D eigenvalue weighted by Crippen LogP contribution is 2.33. The summed E-state index contributed by atoms with van der Waals surface area (Å²) in [5.74, 6) is 0.621. The number of aromatic amines is 1. The first-order chi connectivity index (χ1) is 13.6. The van der Waals surface area contributed by atoms with Crippen molar-refractivity contribution in [2.24, 2.45) is 0 Å². The maximum atomic E-state index is 14.4. The van der Waals surface area contributed by atoms with E-state index >= 15 is 0 Å². The molecular formula is C18H13ClFN7O. The minimum atomic E-state index is -0.516. The molecule has 0 saturated carbocycles. The summed E-state index contributed by atoms with van der Waals surface area (Å²) in [5, 5.41) is 14.2. The Kier molecular flexibility index (Phi) is 3.76. The Hall–Kier alpha value is -3.46. The number of fused-ring (bicyclic) bond motifs is 2. The molecule has 8 nitrogen and oxygen atoms in total. The lowest BCUT2D eigenvalue weighted by molar-refractivity contribution is 0.630. The Labute approximate surface area is 162 Å². The van der Waals surface area contributed by atoms with Crippen molar-refractivity contribution in [3.05, 3.63) is 58.0 Å². The van der Waals surface area contributed by atoms with Crippen LogP contribution in [0.1, 0.15) is 0 Å². The number of pyridine rings is 1. The number of nitrogens with one attached hydrogen (secondary N) is 3. The molecule has 28 heavy (non-hydrogen) atoms. The fraction of sp³-hybridized carbons (Fsp3) is 0.111. The molecular weight excluding hydrogens is 385 g/mol. The second-order valence-electron chi connectivity index (χ2n) is 6.31. The number of hydrogen-bond acceptors (Lipinski definition) is 6. The van der Waals surface area contributed by atoms with Crippen molar-refractivity contribution in [2.45, 2.75) is 6.54 Å². The molecule has 0 spiro atoms. The number of rotatable bonds is 3. The van der Waals surface area contributed by atoms with Crippen molar-refractivity contribution in [3.8, 4) is 11.1 Å². The average molecular weight is 398 g/mol. The van der Waals surface area contributed by atoms with Crippen LogP contribution in [0.5, 0.6) is 0 Å². The predicted octanol–water partition coefficient (Wildman–Crippen LogP) is 3.14. The molecule has 10 heteroatoms. The van der Waals surface area contributed by atoms with E-state index in [9.17, 15) is 9.18 Å². The molecule has 0 radical (unpaired) electrons. The van der Waals surface area contributed by atoms with Gasteiger partial charge in [0, 0.05) is 23.7 Å². The molecule has 0 aliphatic carbocycles. The Balaban J connectivity index is 1.70. The monoisotopic (exact) mass is 397 g/mol. The van der Waals surface area contributed by atoms with Crippen molar-refractivity contribution < 1.29 is 4.39 Å². The lowest BCUT2D eigenvalue weighted by Crippen LogP contribution is -2.21. The number of aromatic nitrogens is 5. The third kappa shape index (κ3) is 2.59. The third-order valence-electron chi connectivity index (χ3n) is 4.64. The van der Waals surface area contributed by atoms with Crippen molar-refractivity contribution in [2.75, 3.05) is 17.2 Å². The number of nitrogens with zero attached hydrogens (tertiary/aromatic N) is 4. The van der Waals surface area contributed by atoms with E-state index in [1.165, 1.54) is 24.5 Å². The molecule has 3 aromatic heterocycles. The van der Waals surface area contributed by atoms with Gasteiger partial charge in [0.2, 0.25) is 0 Å². The highest BCUT2D eigenvalue weighted by molar-refractivity contribution is 6.30. The Morgan fingerprint density at radius 1 is 1.21 bits per heavy atom. The molecule has 4 heterocycles. The van der Waals surface area contributed by atoms with E-state index in [-0.39, 0.29) is 16.7 Å². The molecule has 0 saturated heterocycles. The second kappa shape index (κ2) is 6.31. The first kappa shape index (κ1) is 16.7. The maximum Gasteiger partial charge on any atom is 0.260 e. The van der Waals surface area contributed by atoms with E-state index in [4.69, 9.17) is 11.6 Å². The van der Waals surface area contributed by atoms with Crippen LogP contribution >= 0.6 is 11.6 Å². The highest BCUT2D eigenvalue weighted by Gasteiger charge is 2.22. The van der Waals surface area contributed by atoms with Crippen LogP contribution in [0.2, 0.25) is 5.02 Å². The van der Waals surface area contributed by atoms with Crippen molar-refractivity contribution in [1.82, 2.24) is 24.7 Å². The number of anilines is 3. The van der Waals surface area contributed by atoms with Crippen molar-refractivity contribution in [1.29, 1.82) is 0 Å². The molecule has 1 aromatic carbocycles. The molecule has 1 aliphatic rings. The van der Waals surface area contributed by atoms with Gasteiger partial charge >= 0.3 is 0 Å². The summed E-state index contributed by atoms with van der Waals surface area (Å²) in [7, 11) is 0. The fourth-order valence-electron chi connectivity index (χ4n) is 3.34. The zero-order valence-corrected chi connectivity index (χ0v) is 15.1. The Morgan fingerprint density at radius 2 is 2.11 bits per heavy atom. The summed E-state index contributed by atoms with van der Waals surface area (Å²) in [5.41, 5.74) is 1.25. The molecule has 3 N–H and O–H groups in total. The number of hydrogen-bond donors (Lipinski definition) is 3. The van der Waals surface area contributed by atoms with Crippen LogP contribution in [-0.2, 0) is 6.54 Å². The summed E-state index contributed by atoms with van der Waals surface area (Å²) < 4.78 is 16.0. The van der Waals surface area contributed by atoms with E-state index in [1.54, 1.807) is 16.8 Å². The third-order valence-corrected chi connectivity index (χ3v) is 4.87. The van der Waals surface area contributed by atoms with Crippen LogP contribution in [0.3, 0.4) is 0 Å². The van der Waals surface area contributed by atoms with Crippen LogP contribution in [0.4, 0.5) is 21.7 Å². The van der Waals surface area contributed by atoms with Gasteiger partial charge in [-0.05, 0) is 24.3 Å². The summed E-state index contributed by atoms with van der Waals surface area (Å²) in [6.45, 7) is 1.07. The van der Waals surface area contributed by atoms with Crippen LogP contribution < -0.4 is 16.2 Å². The van der Waals surface area contributed by atoms with Gasteiger partial charge in [-0.1, -0.05) is 11.6 Å². The highest BCUT2D eigenvalue weighted by atomic mass is 35.5. The summed E-state index contributed by atoms with van der Waals surface area (Å²) >= 11 is 6.03. The van der Waals surface area contributed by atoms with E-state index < -0.39 is 5.82 Å². The Bertz CT molecular complexity index is 1280. The van der Waals surface area contributed by atoms with E-state index in [1.807, 2.05) is 0 Å². The quantitative estimate of drug-likeness (QED) is 0.491. The van der Waals surface area contributed by atoms with Crippen molar-refractivity contribution in [3.63, 3.8) is 0 Å². The van der Waals surface area contributed by atoms with Crippen molar-refractivity contribution >= 4 is 40.0 Å². The SMILES string of the molecule is O=c1c(-c2cc(Cl)ccc2F)cc(Nc2ncnc3[nH]ncc23)c2n1CCN2. The van der Waals surface area contributed by atoms with Crippen LogP contribution in [-0.4, -0.2) is 31.3 Å². The first-order valence-corrected chi connectivity index (χ1v) is 8.88. The normalized spacial score (nSPS) is 12.8. The topological polar surface area (TPSA) is 101 Å². The smallest absolute Gasteiger partial charge is 0.260 e. The minimum Gasteiger partial charge on any atom is -0.368 e. The van der Waals surface area contributed by atoms with Gasteiger partial charge < -0.3 is 10.6 Å². The molecule has 0 atom stereocenters. The minimum absolute atomic E-state index is 0.152. The van der Waals surface area contributed by atoms with Gasteiger partial charge in [-0.15, -0.1) is 0 Å². The lowest BCUT2D eigenvalue weighted by atomic mass is 10.1. The Morgan fingerprint density at radius 3 is 3.00 bits per heavy atom. The summed E-state index contributed by atoms with van der Waals surface area (Å²) in [4.78, 5) is 21.3. The van der Waals surface area contributed by atoms with Crippen LogP contribution in [0.25, 0.3) is 22.2 Å². The number of halogens is 2. The number of benzene rings is 1. The van der Waals surface area contributed by atoms with Crippen LogP contribution in [0.15, 0.2) is 41.6 Å². The molecule has 140 valence electrons. The summed E-state index contributed by atoms with van der Waals surface area (Å²) in [6.07, 6.45) is 3.02. The second-order valence-corrected chi connectivity index (χ2v) is 6.74. The molecule has 0 amide bonds. The number of H-pyrrole nitrogens is 1. The van der Waals surface area contributed by atoms with E-state index in [0.717, 1.165) is 0 Å². The first-order valence-electron chi connectivity index (χ1n) is 8.50. The average Bonchev–Trinajstić information content (AvgIpc) is 3.36. The molecule has 0 bridgehead atoms. The van der Waals surface area contributed by atoms with Gasteiger partial charge in [0.25, 0.3) is 5.56 Å². The lowest BCUT2D eigenvalue weighted by Gasteiger charge is -2.15. The zero-order chi connectivity index (χ0) is 19.3. The van der Waals surface area contributed by atoms with Crippen LogP contribution in [0, 0.1) is 5.82 Å². The largest absolute Gasteiger partial charge is 0.368 e. The van der Waals surface area contributed by atoms with E-state index in [2.05, 4.69) is 30.8 Å². The van der Waals surface area contributed by atoms with E-state index in [0.29, 0.717) is 46.5 Å². The predicted molar refractivity (Wildman–Crippen MR) is 105 cm³/mol. The zero-order valence-electron chi connectivity index (χ0n) is 14.3. The fourth-order valence-corrected chi connectivity index (χ4v) is 3.51. The van der Waals surface area contributed by atoms with Gasteiger partial charge in [0.05, 0.1) is 22.8 Å². The molecule has 0 unspecified atom stereocenters.